The van der Waals surface area contributed by atoms with Crippen molar-refractivity contribution in [2.45, 2.75) is 52.8 Å². The second-order valence-electron chi connectivity index (χ2n) is 19.0. The number of benzene rings is 7. The molecule has 0 bridgehead atoms. The Kier molecular flexibility index (Phi) is 14.5. The number of hydrogen-bond acceptors (Lipinski definition) is 4. The molecule has 7 aromatic carbocycles. The van der Waals surface area contributed by atoms with E-state index in [2.05, 4.69) is 125 Å². The number of rotatable bonds is 14. The van der Waals surface area contributed by atoms with E-state index in [0.717, 1.165) is 98.3 Å². The van der Waals surface area contributed by atoms with Gasteiger partial charge in [0.25, 0.3) is 0 Å². The number of aromatic nitrogens is 3. The Morgan fingerprint density at radius 1 is 0.458 bits per heavy atom. The molecule has 10 aromatic rings. The van der Waals surface area contributed by atoms with Crippen LogP contribution < -0.4 is 0 Å². The largest absolute Gasteiger partial charge is 3.00 e. The molecule has 0 fully saturated rings. The van der Waals surface area contributed by atoms with Gasteiger partial charge < -0.3 is 15.0 Å². The van der Waals surface area contributed by atoms with Crippen LogP contribution in [0.3, 0.4) is 0 Å². The molecule has 0 aliphatic carbocycles. The SMILES string of the molecule is [2H]C([2H])(c1cnc(-c2[c-]cc(-c3ccccc3-c3cc(CCc4c[c-]c(-c5ccccn5)cc4)cc(CCc4c[c-]c(-c5ccccn5)cc4)c3)c(-c3ccc(C#N)cc3)c2)cc1-c1ccccc1)C(C)(C)C.[Ir+3]. The molecule has 3 heterocycles. The molecule has 5 heteroatoms. The molecule has 0 saturated carbocycles. The minimum Gasteiger partial charge on any atom is -0.305 e. The smallest absolute Gasteiger partial charge is 0.305 e. The van der Waals surface area contributed by atoms with Crippen LogP contribution in [0.2, 0.25) is 0 Å². The van der Waals surface area contributed by atoms with Gasteiger partial charge in [0.1, 0.15) is 0 Å². The third-order valence-corrected chi connectivity index (χ3v) is 12.7. The Labute approximate surface area is 441 Å². The molecule has 0 radical (unpaired) electrons. The Balaban J connectivity index is 0.00000672. The molecule has 0 spiro atoms. The maximum Gasteiger partial charge on any atom is 3.00 e. The van der Waals surface area contributed by atoms with E-state index in [0.29, 0.717) is 16.8 Å². The van der Waals surface area contributed by atoms with Crippen molar-refractivity contribution >= 4 is 0 Å². The summed E-state index contributed by atoms with van der Waals surface area (Å²) in [6, 6.07) is 77.1. The number of aryl methyl sites for hydroxylation is 4. The molecule has 3 aromatic heterocycles. The van der Waals surface area contributed by atoms with E-state index < -0.39 is 11.8 Å². The fourth-order valence-corrected chi connectivity index (χ4v) is 9.13. The zero-order chi connectivity index (χ0) is 50.4. The molecule has 350 valence electrons. The van der Waals surface area contributed by atoms with Crippen LogP contribution in [0.5, 0.6) is 0 Å². The molecular formula is C67H53IrN4. The van der Waals surface area contributed by atoms with Crippen LogP contribution in [0.15, 0.2) is 207 Å². The van der Waals surface area contributed by atoms with Gasteiger partial charge in [-0.3, -0.25) is 0 Å². The van der Waals surface area contributed by atoms with Crippen molar-refractivity contribution in [2.24, 2.45) is 5.41 Å². The van der Waals surface area contributed by atoms with Gasteiger partial charge in [0.15, 0.2) is 0 Å². The van der Waals surface area contributed by atoms with Crippen molar-refractivity contribution in [1.29, 1.82) is 5.26 Å². The second-order valence-corrected chi connectivity index (χ2v) is 19.0. The van der Waals surface area contributed by atoms with Crippen molar-refractivity contribution in [3.8, 4) is 84.3 Å². The summed E-state index contributed by atoms with van der Waals surface area (Å²) < 4.78 is 18.6. The second kappa shape index (κ2) is 22.5. The standard InChI is InChI=1S/C67H53N4.Ir/c1-67(2,3)44-58-46-71-66(43-62(58)52-13-5-4-6-14-52)56-35-36-61(63(42-56)53-29-27-49(45-68)28-30-53)60-16-8-7-15-59(60)57-40-50(21-19-47-23-31-54(32-24-47)64-17-9-11-37-69-64)39-51(41-57)22-20-48-25-33-55(34-26-48)65-18-10-12-38-70-65;/h4-18,23-31,33,36-43,46H,19-22,44H2,1-3H3;/q-3;+3/i44D2;. The average molecular weight is 1110 g/mol. The predicted octanol–water partition coefficient (Wildman–Crippen LogP) is 16.0. The molecule has 0 amide bonds. The molecule has 0 unspecified atom stereocenters. The number of nitrogens with zero attached hydrogens (tertiary/aromatic N) is 4. The van der Waals surface area contributed by atoms with E-state index in [1.54, 1.807) is 6.20 Å². The number of pyridine rings is 3. The summed E-state index contributed by atoms with van der Waals surface area (Å²) in [7, 11) is 0. The predicted molar refractivity (Wildman–Crippen MR) is 290 cm³/mol. The van der Waals surface area contributed by atoms with Crippen LogP contribution in [0.4, 0.5) is 0 Å². The maximum absolute atomic E-state index is 9.80. The van der Waals surface area contributed by atoms with E-state index in [1.807, 2.05) is 130 Å². The van der Waals surface area contributed by atoms with Gasteiger partial charge in [0.05, 0.1) is 11.6 Å². The summed E-state index contributed by atoms with van der Waals surface area (Å²) in [6.07, 6.45) is 7.07. The molecule has 0 N–H and O–H groups in total. The summed E-state index contributed by atoms with van der Waals surface area (Å²) in [5.41, 5.74) is 18.5. The van der Waals surface area contributed by atoms with Gasteiger partial charge in [0.2, 0.25) is 0 Å². The van der Waals surface area contributed by atoms with Crippen LogP contribution in [-0.2, 0) is 52.2 Å². The number of nitriles is 1. The van der Waals surface area contributed by atoms with Crippen molar-refractivity contribution < 1.29 is 22.8 Å². The van der Waals surface area contributed by atoms with Gasteiger partial charge in [-0.15, -0.1) is 94.5 Å². The third-order valence-electron chi connectivity index (χ3n) is 12.7. The van der Waals surface area contributed by atoms with E-state index in [-0.39, 0.29) is 20.1 Å². The Morgan fingerprint density at radius 2 is 1.01 bits per heavy atom. The monoisotopic (exact) mass is 1110 g/mol. The van der Waals surface area contributed by atoms with Crippen LogP contribution in [0, 0.1) is 34.9 Å². The molecule has 0 aliphatic rings. The van der Waals surface area contributed by atoms with Crippen LogP contribution in [0.25, 0.3) is 78.3 Å². The van der Waals surface area contributed by atoms with Crippen LogP contribution in [-0.4, -0.2) is 15.0 Å². The molecule has 0 aliphatic heterocycles. The summed E-state index contributed by atoms with van der Waals surface area (Å²) >= 11 is 0. The maximum atomic E-state index is 9.80. The molecule has 0 saturated heterocycles. The normalized spacial score (nSPS) is 11.8. The fraction of sp³-hybridized carbons (Fsp3) is 0.134. The minimum atomic E-state index is -1.67. The molecule has 72 heavy (non-hydrogen) atoms. The first-order valence-electron chi connectivity index (χ1n) is 25.2. The van der Waals surface area contributed by atoms with E-state index in [1.165, 1.54) is 22.3 Å². The van der Waals surface area contributed by atoms with Crippen molar-refractivity contribution in [2.75, 3.05) is 0 Å². The quantitative estimate of drug-likeness (QED) is 0.102. The summed E-state index contributed by atoms with van der Waals surface area (Å²) in [4.78, 5) is 14.0. The summed E-state index contributed by atoms with van der Waals surface area (Å²) in [5.74, 6) is 0. The first-order chi connectivity index (χ1) is 35.5. The van der Waals surface area contributed by atoms with Gasteiger partial charge in [-0.25, -0.2) is 0 Å². The van der Waals surface area contributed by atoms with Crippen LogP contribution in [0.1, 0.15) is 56.9 Å². The average Bonchev–Trinajstić information content (AvgIpc) is 3.44. The molecule has 0 atom stereocenters. The Morgan fingerprint density at radius 3 is 1.57 bits per heavy atom. The fourth-order valence-electron chi connectivity index (χ4n) is 9.13. The van der Waals surface area contributed by atoms with Crippen molar-refractivity contribution in [3.63, 3.8) is 0 Å². The van der Waals surface area contributed by atoms with Gasteiger partial charge in [0, 0.05) is 21.3 Å². The molecule has 4 nitrogen and oxygen atoms in total. The first-order valence-corrected chi connectivity index (χ1v) is 24.2. The molecular weight excluding hydrogens is 1050 g/mol. The van der Waals surface area contributed by atoms with Gasteiger partial charge in [-0.05, 0) is 110 Å². The van der Waals surface area contributed by atoms with Gasteiger partial charge in [-0.2, -0.15) is 5.26 Å². The van der Waals surface area contributed by atoms with E-state index in [4.69, 9.17) is 4.98 Å². The topological polar surface area (TPSA) is 62.5 Å². The van der Waals surface area contributed by atoms with Crippen LogP contribution >= 0.6 is 0 Å². The van der Waals surface area contributed by atoms with E-state index in [9.17, 15) is 8.00 Å². The van der Waals surface area contributed by atoms with Crippen molar-refractivity contribution in [3.05, 3.63) is 258 Å². The zero-order valence-electron chi connectivity index (χ0n) is 42.6. The molecule has 10 rings (SSSR count). The minimum absolute atomic E-state index is 0. The number of hydrogen-bond donors (Lipinski definition) is 0. The zero-order valence-corrected chi connectivity index (χ0v) is 43.0. The van der Waals surface area contributed by atoms with Gasteiger partial charge in [-0.1, -0.05) is 166 Å². The Hall–Kier alpha value is -7.87. The Bertz CT molecular complexity index is 3450. The summed E-state index contributed by atoms with van der Waals surface area (Å²) in [6.45, 7) is 5.77. The first kappa shape index (κ1) is 46.5. The third kappa shape index (κ3) is 11.8. The van der Waals surface area contributed by atoms with E-state index >= 15 is 0 Å². The van der Waals surface area contributed by atoms with Crippen molar-refractivity contribution in [1.82, 2.24) is 15.0 Å². The van der Waals surface area contributed by atoms with Gasteiger partial charge >= 0.3 is 20.1 Å². The summed E-state index contributed by atoms with van der Waals surface area (Å²) in [5, 5.41) is 9.80.